The average Bonchev–Trinajstić information content (AvgIpc) is 2.76. The van der Waals surface area contributed by atoms with Gasteiger partial charge in [-0.2, -0.15) is 4.31 Å². The summed E-state index contributed by atoms with van der Waals surface area (Å²) < 4.78 is 27.2. The molecule has 1 atom stereocenters. The number of nitrogens with zero attached hydrogens (tertiary/aromatic N) is 1. The molecule has 0 spiro atoms. The van der Waals surface area contributed by atoms with Crippen LogP contribution in [0.5, 0.6) is 0 Å². The van der Waals surface area contributed by atoms with E-state index in [0.29, 0.717) is 16.3 Å². The minimum atomic E-state index is -3.46. The zero-order valence-electron chi connectivity index (χ0n) is 11.2. The summed E-state index contributed by atoms with van der Waals surface area (Å²) in [6.45, 7) is 2.43. The molecule has 4 nitrogen and oxygen atoms in total. The van der Waals surface area contributed by atoms with Gasteiger partial charge in [-0.1, -0.05) is 19.8 Å². The molecule has 1 N–H and O–H groups in total. The molecule has 0 radical (unpaired) electrons. The van der Waals surface area contributed by atoms with Gasteiger partial charge >= 0.3 is 0 Å². The molecule has 6 heteroatoms. The van der Waals surface area contributed by atoms with Crippen LogP contribution in [0.4, 0.5) is 0 Å². The lowest BCUT2D eigenvalue weighted by molar-refractivity contribution is 0.280. The average molecular weight is 303 g/mol. The summed E-state index contributed by atoms with van der Waals surface area (Å²) in [5.41, 5.74) is 0. The molecule has 19 heavy (non-hydrogen) atoms. The summed E-state index contributed by atoms with van der Waals surface area (Å²) in [5.74, 6) is 0. The standard InChI is InChI=1S/C13H21NO3S2/c1-2-11-6-4-3-5-8-14(11)19(16,17)13-7-9-18-12(13)10-15/h7,9,11,15H,2-6,8,10H2,1H3. The van der Waals surface area contributed by atoms with Crippen LogP contribution in [0, 0.1) is 0 Å². The summed E-state index contributed by atoms with van der Waals surface area (Å²) in [6.07, 6.45) is 4.90. The normalized spacial score (nSPS) is 22.3. The minimum Gasteiger partial charge on any atom is -0.391 e. The second-order valence-corrected chi connectivity index (χ2v) is 7.75. The molecule has 1 saturated heterocycles. The Morgan fingerprint density at radius 2 is 2.21 bits per heavy atom. The van der Waals surface area contributed by atoms with E-state index in [-0.39, 0.29) is 12.6 Å². The Bertz CT molecular complexity index is 510. The fourth-order valence-electron chi connectivity index (χ4n) is 2.68. The number of rotatable bonds is 4. The zero-order valence-corrected chi connectivity index (χ0v) is 12.8. The van der Waals surface area contributed by atoms with Gasteiger partial charge < -0.3 is 5.11 Å². The SMILES string of the molecule is CCC1CCCCCN1S(=O)(=O)c1ccsc1CO. The summed E-state index contributed by atoms with van der Waals surface area (Å²) in [4.78, 5) is 0.833. The summed E-state index contributed by atoms with van der Waals surface area (Å²) in [7, 11) is -3.46. The molecule has 1 aliphatic heterocycles. The first-order valence-electron chi connectivity index (χ1n) is 6.80. The van der Waals surface area contributed by atoms with Crippen LogP contribution in [0.15, 0.2) is 16.3 Å². The molecule has 1 aromatic rings. The van der Waals surface area contributed by atoms with Crippen molar-refractivity contribution < 1.29 is 13.5 Å². The Hall–Kier alpha value is -0.430. The van der Waals surface area contributed by atoms with Gasteiger partial charge in [-0.05, 0) is 30.7 Å². The second-order valence-electron chi connectivity index (χ2n) is 4.89. The molecule has 108 valence electrons. The number of hydrogen-bond acceptors (Lipinski definition) is 4. The van der Waals surface area contributed by atoms with E-state index < -0.39 is 10.0 Å². The van der Waals surface area contributed by atoms with E-state index in [2.05, 4.69) is 0 Å². The van der Waals surface area contributed by atoms with E-state index >= 15 is 0 Å². The van der Waals surface area contributed by atoms with Crippen LogP contribution in [0.3, 0.4) is 0 Å². The number of hydrogen-bond donors (Lipinski definition) is 1. The van der Waals surface area contributed by atoms with Gasteiger partial charge in [0.1, 0.15) is 0 Å². The van der Waals surface area contributed by atoms with Crippen molar-refractivity contribution in [2.24, 2.45) is 0 Å². The minimum absolute atomic E-state index is 0.0962. The molecule has 2 heterocycles. The Morgan fingerprint density at radius 3 is 2.89 bits per heavy atom. The monoisotopic (exact) mass is 303 g/mol. The van der Waals surface area contributed by atoms with Crippen LogP contribution >= 0.6 is 11.3 Å². The van der Waals surface area contributed by atoms with Crippen molar-refractivity contribution in [2.45, 2.75) is 56.6 Å². The van der Waals surface area contributed by atoms with Gasteiger partial charge in [0.15, 0.2) is 0 Å². The van der Waals surface area contributed by atoms with Crippen molar-refractivity contribution in [1.82, 2.24) is 4.31 Å². The number of aliphatic hydroxyl groups is 1. The maximum absolute atomic E-state index is 12.8. The third-order valence-corrected chi connectivity index (χ3v) is 6.80. The Labute approximate surface area is 119 Å². The molecular weight excluding hydrogens is 282 g/mol. The lowest BCUT2D eigenvalue weighted by Gasteiger charge is -2.28. The molecule has 0 aromatic carbocycles. The topological polar surface area (TPSA) is 57.6 Å². The second kappa shape index (κ2) is 6.35. The molecule has 1 fully saturated rings. The smallest absolute Gasteiger partial charge is 0.244 e. The van der Waals surface area contributed by atoms with E-state index in [1.807, 2.05) is 6.92 Å². The van der Waals surface area contributed by atoms with Crippen LogP contribution in [0.2, 0.25) is 0 Å². The molecule has 0 amide bonds. The lowest BCUT2D eigenvalue weighted by Crippen LogP contribution is -2.39. The molecule has 1 aromatic heterocycles. The van der Waals surface area contributed by atoms with Gasteiger partial charge in [0.05, 0.1) is 11.5 Å². The van der Waals surface area contributed by atoms with Crippen molar-refractivity contribution in [3.63, 3.8) is 0 Å². The van der Waals surface area contributed by atoms with Crippen LogP contribution in [-0.2, 0) is 16.6 Å². The van der Waals surface area contributed by atoms with Crippen LogP contribution in [-0.4, -0.2) is 30.4 Å². The number of aliphatic hydroxyl groups excluding tert-OH is 1. The first kappa shape index (κ1) is 15.0. The summed E-state index contributed by atoms with van der Waals surface area (Å²) in [5, 5.41) is 11.0. The van der Waals surface area contributed by atoms with Gasteiger partial charge in [-0.3, -0.25) is 0 Å². The Morgan fingerprint density at radius 1 is 1.42 bits per heavy atom. The van der Waals surface area contributed by atoms with Crippen LogP contribution < -0.4 is 0 Å². The fraction of sp³-hybridized carbons (Fsp3) is 0.692. The highest BCUT2D eigenvalue weighted by Gasteiger charge is 2.33. The van der Waals surface area contributed by atoms with E-state index in [4.69, 9.17) is 0 Å². The van der Waals surface area contributed by atoms with Crippen LogP contribution in [0.25, 0.3) is 0 Å². The summed E-state index contributed by atoms with van der Waals surface area (Å²) in [6, 6.07) is 1.71. The third-order valence-electron chi connectivity index (χ3n) is 3.73. The molecule has 0 saturated carbocycles. The molecule has 1 aliphatic rings. The van der Waals surface area contributed by atoms with Crippen LogP contribution in [0.1, 0.15) is 43.9 Å². The predicted octanol–water partition coefficient (Wildman–Crippen LogP) is 2.58. The van der Waals surface area contributed by atoms with Gasteiger partial charge in [0.2, 0.25) is 10.0 Å². The first-order valence-corrected chi connectivity index (χ1v) is 9.12. The fourth-order valence-corrected chi connectivity index (χ4v) is 5.71. The van der Waals surface area contributed by atoms with Gasteiger partial charge in [-0.15, -0.1) is 11.3 Å². The van der Waals surface area contributed by atoms with E-state index in [9.17, 15) is 13.5 Å². The Kier molecular flexibility index (Phi) is 5.00. The van der Waals surface area contributed by atoms with E-state index in [0.717, 1.165) is 32.1 Å². The highest BCUT2D eigenvalue weighted by atomic mass is 32.2. The highest BCUT2D eigenvalue weighted by Crippen LogP contribution is 2.30. The largest absolute Gasteiger partial charge is 0.391 e. The quantitative estimate of drug-likeness (QED) is 0.930. The number of thiophene rings is 1. The van der Waals surface area contributed by atoms with Crippen molar-refractivity contribution >= 4 is 21.4 Å². The Balaban J connectivity index is 2.36. The molecule has 0 aliphatic carbocycles. The lowest BCUT2D eigenvalue weighted by atomic mass is 10.1. The maximum Gasteiger partial charge on any atom is 0.244 e. The number of sulfonamides is 1. The first-order chi connectivity index (χ1) is 9.11. The highest BCUT2D eigenvalue weighted by molar-refractivity contribution is 7.89. The van der Waals surface area contributed by atoms with E-state index in [1.165, 1.54) is 11.3 Å². The summed E-state index contributed by atoms with van der Waals surface area (Å²) >= 11 is 1.30. The van der Waals surface area contributed by atoms with Crippen molar-refractivity contribution in [2.75, 3.05) is 6.54 Å². The molecule has 0 bridgehead atoms. The van der Waals surface area contributed by atoms with Gasteiger partial charge in [0, 0.05) is 17.5 Å². The molecular formula is C13H21NO3S2. The predicted molar refractivity (Wildman–Crippen MR) is 76.7 cm³/mol. The molecule has 1 unspecified atom stereocenters. The molecule has 2 rings (SSSR count). The zero-order chi connectivity index (χ0) is 13.9. The van der Waals surface area contributed by atoms with E-state index in [1.54, 1.807) is 15.8 Å². The maximum atomic E-state index is 12.8. The van der Waals surface area contributed by atoms with Crippen molar-refractivity contribution in [1.29, 1.82) is 0 Å². The van der Waals surface area contributed by atoms with Crippen molar-refractivity contribution in [3.8, 4) is 0 Å². The van der Waals surface area contributed by atoms with Gasteiger partial charge in [-0.25, -0.2) is 8.42 Å². The third kappa shape index (κ3) is 3.02. The van der Waals surface area contributed by atoms with Crippen molar-refractivity contribution in [3.05, 3.63) is 16.3 Å². The van der Waals surface area contributed by atoms with Gasteiger partial charge in [0.25, 0.3) is 0 Å².